The number of rotatable bonds is 9. The zero-order valence-corrected chi connectivity index (χ0v) is 15.8. The van der Waals surface area contributed by atoms with E-state index in [0.29, 0.717) is 30.0 Å². The van der Waals surface area contributed by atoms with Gasteiger partial charge in [-0.15, -0.1) is 11.8 Å². The van der Waals surface area contributed by atoms with Crippen LogP contribution in [0.15, 0.2) is 71.9 Å². The van der Waals surface area contributed by atoms with Crippen molar-refractivity contribution in [3.63, 3.8) is 0 Å². The van der Waals surface area contributed by atoms with Gasteiger partial charge in [0.2, 0.25) is 5.91 Å². The summed E-state index contributed by atoms with van der Waals surface area (Å²) in [6, 6.07) is 16.8. The van der Waals surface area contributed by atoms with Crippen molar-refractivity contribution in [2.24, 2.45) is 0 Å². The van der Waals surface area contributed by atoms with E-state index >= 15 is 0 Å². The first-order chi connectivity index (χ1) is 13.2. The van der Waals surface area contributed by atoms with Crippen LogP contribution in [0, 0.1) is 5.82 Å². The molecule has 0 radical (unpaired) electrons. The van der Waals surface area contributed by atoms with Crippen molar-refractivity contribution in [2.45, 2.75) is 24.3 Å². The summed E-state index contributed by atoms with van der Waals surface area (Å²) in [6.07, 6.45) is 4.77. The Balaban J connectivity index is 1.39. The summed E-state index contributed by atoms with van der Waals surface area (Å²) in [7, 11) is 0. The fourth-order valence-corrected chi connectivity index (χ4v) is 3.60. The molecular formula is C21H22FN3OS. The van der Waals surface area contributed by atoms with Crippen molar-refractivity contribution in [3.8, 4) is 0 Å². The number of thioether (sulfide) groups is 1. The molecule has 0 atom stereocenters. The summed E-state index contributed by atoms with van der Waals surface area (Å²) in [4.78, 5) is 16.9. The van der Waals surface area contributed by atoms with Gasteiger partial charge in [-0.1, -0.05) is 42.5 Å². The Hall–Kier alpha value is -2.60. The predicted molar refractivity (Wildman–Crippen MR) is 106 cm³/mol. The molecule has 1 heterocycles. The minimum Gasteiger partial charge on any atom is -0.356 e. The van der Waals surface area contributed by atoms with E-state index in [9.17, 15) is 9.18 Å². The van der Waals surface area contributed by atoms with Crippen LogP contribution in [0.3, 0.4) is 0 Å². The van der Waals surface area contributed by atoms with Crippen LogP contribution in [0.4, 0.5) is 4.39 Å². The van der Waals surface area contributed by atoms with Gasteiger partial charge in [-0.2, -0.15) is 0 Å². The molecule has 6 heteroatoms. The molecule has 0 fully saturated rings. The Bertz CT molecular complexity index is 867. The van der Waals surface area contributed by atoms with Crippen LogP contribution >= 0.6 is 11.8 Å². The zero-order valence-electron chi connectivity index (χ0n) is 15.0. The van der Waals surface area contributed by atoms with E-state index in [1.165, 1.54) is 23.4 Å². The average Bonchev–Trinajstić information content (AvgIpc) is 3.11. The number of nitrogens with zero attached hydrogens (tertiary/aromatic N) is 2. The molecule has 140 valence electrons. The fraction of sp³-hybridized carbons (Fsp3) is 0.238. The quantitative estimate of drug-likeness (QED) is 0.570. The Morgan fingerprint density at radius 3 is 2.70 bits per heavy atom. The van der Waals surface area contributed by atoms with Gasteiger partial charge in [0.05, 0.1) is 0 Å². The second kappa shape index (κ2) is 9.92. The van der Waals surface area contributed by atoms with Crippen molar-refractivity contribution in [2.75, 3.05) is 12.3 Å². The predicted octanol–water partition coefficient (Wildman–Crippen LogP) is 3.91. The molecule has 0 aliphatic heterocycles. The van der Waals surface area contributed by atoms with Gasteiger partial charge in [0.25, 0.3) is 0 Å². The van der Waals surface area contributed by atoms with Crippen molar-refractivity contribution in [3.05, 3.63) is 84.2 Å². The molecule has 0 saturated heterocycles. The Kier molecular flexibility index (Phi) is 7.04. The third-order valence-corrected chi connectivity index (χ3v) is 5.14. The number of carbonyl (C=O) groups excluding carboxylic acids is 1. The molecule has 2 aromatic carbocycles. The number of hydrogen-bond acceptors (Lipinski definition) is 3. The molecule has 27 heavy (non-hydrogen) atoms. The Morgan fingerprint density at radius 2 is 1.89 bits per heavy atom. The second-order valence-corrected chi connectivity index (χ2v) is 7.22. The molecular weight excluding hydrogens is 361 g/mol. The van der Waals surface area contributed by atoms with Gasteiger partial charge in [0, 0.05) is 49.0 Å². The van der Waals surface area contributed by atoms with Crippen molar-refractivity contribution >= 4 is 17.7 Å². The highest BCUT2D eigenvalue weighted by atomic mass is 32.2. The first-order valence-corrected chi connectivity index (χ1v) is 9.89. The fourth-order valence-electron chi connectivity index (χ4n) is 2.71. The monoisotopic (exact) mass is 383 g/mol. The maximum Gasteiger partial charge on any atom is 0.220 e. The highest BCUT2D eigenvalue weighted by Crippen LogP contribution is 2.21. The van der Waals surface area contributed by atoms with E-state index in [0.717, 1.165) is 12.4 Å². The number of halogens is 1. The van der Waals surface area contributed by atoms with Gasteiger partial charge in [-0.3, -0.25) is 4.79 Å². The average molecular weight is 383 g/mol. The van der Waals surface area contributed by atoms with Gasteiger partial charge in [0.1, 0.15) is 11.6 Å². The van der Waals surface area contributed by atoms with Crippen LogP contribution in [-0.2, 0) is 17.8 Å². The largest absolute Gasteiger partial charge is 0.356 e. The number of nitrogens with one attached hydrogen (secondary N) is 1. The van der Waals surface area contributed by atoms with Crippen LogP contribution in [-0.4, -0.2) is 27.8 Å². The summed E-state index contributed by atoms with van der Waals surface area (Å²) in [6.45, 7) is 1.30. The number of hydrogen-bond donors (Lipinski definition) is 1. The summed E-state index contributed by atoms with van der Waals surface area (Å²) < 4.78 is 15.6. The van der Waals surface area contributed by atoms with Gasteiger partial charge >= 0.3 is 0 Å². The Morgan fingerprint density at radius 1 is 1.11 bits per heavy atom. The zero-order chi connectivity index (χ0) is 18.9. The topological polar surface area (TPSA) is 46.9 Å². The van der Waals surface area contributed by atoms with E-state index in [1.807, 2.05) is 24.4 Å². The Labute approximate surface area is 162 Å². The normalized spacial score (nSPS) is 10.7. The molecule has 0 unspecified atom stereocenters. The second-order valence-electron chi connectivity index (χ2n) is 6.09. The molecule has 4 nitrogen and oxygen atoms in total. The minimum absolute atomic E-state index is 0.0278. The molecule has 1 N–H and O–H groups in total. The molecule has 1 amide bonds. The smallest absolute Gasteiger partial charge is 0.220 e. The number of carbonyl (C=O) groups is 1. The number of aromatic nitrogens is 2. The van der Waals surface area contributed by atoms with Crippen molar-refractivity contribution in [1.29, 1.82) is 0 Å². The number of benzene rings is 2. The molecule has 0 saturated carbocycles. The molecule has 0 aliphatic rings. The minimum atomic E-state index is -0.242. The maximum absolute atomic E-state index is 13.5. The number of amides is 1. The highest BCUT2D eigenvalue weighted by Gasteiger charge is 2.07. The lowest BCUT2D eigenvalue weighted by atomic mass is 10.2. The molecule has 1 aromatic heterocycles. The van der Waals surface area contributed by atoms with Crippen LogP contribution in [0.25, 0.3) is 0 Å². The first-order valence-electron chi connectivity index (χ1n) is 8.90. The summed E-state index contributed by atoms with van der Waals surface area (Å²) in [5.41, 5.74) is 1.21. The van der Waals surface area contributed by atoms with Gasteiger partial charge in [-0.25, -0.2) is 9.37 Å². The van der Waals surface area contributed by atoms with Crippen LogP contribution in [0.2, 0.25) is 0 Å². The third-order valence-electron chi connectivity index (χ3n) is 4.09. The van der Waals surface area contributed by atoms with E-state index in [1.54, 1.807) is 24.4 Å². The van der Waals surface area contributed by atoms with Crippen LogP contribution in [0.1, 0.15) is 17.8 Å². The van der Waals surface area contributed by atoms with E-state index in [2.05, 4.69) is 27.0 Å². The van der Waals surface area contributed by atoms with Crippen molar-refractivity contribution < 1.29 is 9.18 Å². The summed E-state index contributed by atoms with van der Waals surface area (Å²) in [5, 5.41) is 2.91. The maximum atomic E-state index is 13.5. The van der Waals surface area contributed by atoms with Gasteiger partial charge in [-0.05, 0) is 17.7 Å². The van der Waals surface area contributed by atoms with Gasteiger partial charge < -0.3 is 9.88 Å². The molecule has 3 rings (SSSR count). The summed E-state index contributed by atoms with van der Waals surface area (Å²) in [5.74, 6) is 1.23. The molecule has 3 aromatic rings. The van der Waals surface area contributed by atoms with Crippen LogP contribution in [0.5, 0.6) is 0 Å². The standard InChI is InChI=1S/C21H22FN3OS/c22-18-8-4-5-9-19(18)27-15-11-21(26)24-12-10-20-23-13-14-25(20)16-17-6-2-1-3-7-17/h1-9,13-14H,10-12,15-16H2,(H,24,26). The van der Waals surface area contributed by atoms with E-state index in [4.69, 9.17) is 0 Å². The third kappa shape index (κ3) is 5.96. The highest BCUT2D eigenvalue weighted by molar-refractivity contribution is 7.99. The van der Waals surface area contributed by atoms with Crippen LogP contribution < -0.4 is 5.32 Å². The van der Waals surface area contributed by atoms with E-state index < -0.39 is 0 Å². The summed E-state index contributed by atoms with van der Waals surface area (Å²) >= 11 is 1.36. The SMILES string of the molecule is O=C(CCSc1ccccc1F)NCCc1nccn1Cc1ccccc1. The number of imidazole rings is 1. The van der Waals surface area contributed by atoms with Gasteiger partial charge in [0.15, 0.2) is 0 Å². The molecule has 0 bridgehead atoms. The van der Waals surface area contributed by atoms with E-state index in [-0.39, 0.29) is 11.7 Å². The van der Waals surface area contributed by atoms with Crippen molar-refractivity contribution in [1.82, 2.24) is 14.9 Å². The molecule has 0 spiro atoms. The lowest BCUT2D eigenvalue weighted by molar-refractivity contribution is -0.120. The molecule has 0 aliphatic carbocycles. The first kappa shape index (κ1) is 19.2. The lowest BCUT2D eigenvalue weighted by Gasteiger charge is -2.09. The lowest BCUT2D eigenvalue weighted by Crippen LogP contribution is -2.26.